The van der Waals surface area contributed by atoms with E-state index >= 15 is 0 Å². The van der Waals surface area contributed by atoms with Gasteiger partial charge in [0, 0.05) is 0 Å². The fourth-order valence-electron chi connectivity index (χ4n) is 3.07. The molecular formula is C14H33N3. The molecule has 0 aliphatic carbocycles. The Balaban J connectivity index is 5.29. The van der Waals surface area contributed by atoms with E-state index in [1.807, 2.05) is 0 Å². The van der Waals surface area contributed by atoms with Crippen LogP contribution in [0.25, 0.3) is 0 Å². The molecule has 104 valence electrons. The lowest BCUT2D eigenvalue weighted by molar-refractivity contribution is -0.149. The number of hydrogen-bond donors (Lipinski definition) is 0. The molecule has 0 aliphatic heterocycles. The van der Waals surface area contributed by atoms with Crippen LogP contribution in [0.3, 0.4) is 0 Å². The monoisotopic (exact) mass is 243 g/mol. The molecule has 0 aromatic heterocycles. The third-order valence-corrected chi connectivity index (χ3v) is 4.09. The Morgan fingerprint density at radius 3 is 0.824 bits per heavy atom. The average molecular weight is 243 g/mol. The van der Waals surface area contributed by atoms with Crippen molar-refractivity contribution in [3.63, 3.8) is 0 Å². The van der Waals surface area contributed by atoms with Gasteiger partial charge in [-0.25, -0.2) is 0 Å². The van der Waals surface area contributed by atoms with Crippen molar-refractivity contribution < 1.29 is 0 Å². The summed E-state index contributed by atoms with van der Waals surface area (Å²) in [7, 11) is 0. The van der Waals surface area contributed by atoms with Gasteiger partial charge in [-0.3, -0.25) is 14.7 Å². The molecule has 0 N–H and O–H groups in total. The molecule has 3 heteroatoms. The van der Waals surface area contributed by atoms with Crippen molar-refractivity contribution in [2.75, 3.05) is 39.3 Å². The van der Waals surface area contributed by atoms with E-state index in [2.05, 4.69) is 63.2 Å². The van der Waals surface area contributed by atoms with Gasteiger partial charge in [-0.15, -0.1) is 0 Å². The highest BCUT2D eigenvalue weighted by molar-refractivity contribution is 4.85. The highest BCUT2D eigenvalue weighted by Gasteiger charge is 2.39. The van der Waals surface area contributed by atoms with Crippen molar-refractivity contribution in [1.82, 2.24) is 14.7 Å². The summed E-state index contributed by atoms with van der Waals surface area (Å²) in [6.07, 6.45) is 0. The largest absolute Gasteiger partial charge is 0.274 e. The number of nitrogens with zero attached hydrogens (tertiary/aromatic N) is 3. The molecular weight excluding hydrogens is 210 g/mol. The van der Waals surface area contributed by atoms with Crippen LogP contribution in [0, 0.1) is 0 Å². The van der Waals surface area contributed by atoms with E-state index in [0.29, 0.717) is 0 Å². The summed E-state index contributed by atoms with van der Waals surface area (Å²) in [6, 6.07) is 0. The Labute approximate surface area is 109 Å². The molecule has 0 rings (SSSR count). The molecule has 0 bridgehead atoms. The molecule has 0 heterocycles. The minimum absolute atomic E-state index is 0.0521. The summed E-state index contributed by atoms with van der Waals surface area (Å²) in [5.41, 5.74) is 0. The van der Waals surface area contributed by atoms with Gasteiger partial charge >= 0.3 is 0 Å². The smallest absolute Gasteiger partial charge is 0.128 e. The minimum atomic E-state index is 0.0521. The van der Waals surface area contributed by atoms with Crippen LogP contribution in [-0.4, -0.2) is 59.8 Å². The molecule has 0 saturated carbocycles. The lowest BCUT2D eigenvalue weighted by Gasteiger charge is -2.53. The Bertz CT molecular complexity index is 151. The number of hydrogen-bond acceptors (Lipinski definition) is 3. The van der Waals surface area contributed by atoms with Gasteiger partial charge in [-0.05, 0) is 46.2 Å². The van der Waals surface area contributed by atoms with Crippen LogP contribution in [0.5, 0.6) is 0 Å². The van der Waals surface area contributed by atoms with E-state index in [-0.39, 0.29) is 5.79 Å². The van der Waals surface area contributed by atoms with Crippen LogP contribution < -0.4 is 0 Å². The van der Waals surface area contributed by atoms with Gasteiger partial charge in [0.25, 0.3) is 0 Å². The molecule has 0 aliphatic rings. The first-order chi connectivity index (χ1) is 8.06. The fourth-order valence-corrected chi connectivity index (χ4v) is 3.07. The van der Waals surface area contributed by atoms with Crippen LogP contribution in [-0.2, 0) is 0 Å². The predicted molar refractivity (Wildman–Crippen MR) is 77.2 cm³/mol. The first-order valence-electron chi connectivity index (χ1n) is 7.31. The van der Waals surface area contributed by atoms with Crippen molar-refractivity contribution in [2.45, 2.75) is 54.3 Å². The highest BCUT2D eigenvalue weighted by Crippen LogP contribution is 2.24. The van der Waals surface area contributed by atoms with Crippen molar-refractivity contribution in [1.29, 1.82) is 0 Å². The van der Waals surface area contributed by atoms with Gasteiger partial charge in [0.05, 0.1) is 0 Å². The summed E-state index contributed by atoms with van der Waals surface area (Å²) >= 11 is 0. The van der Waals surface area contributed by atoms with Gasteiger partial charge in [0.1, 0.15) is 5.79 Å². The highest BCUT2D eigenvalue weighted by atomic mass is 15.6. The molecule has 17 heavy (non-hydrogen) atoms. The van der Waals surface area contributed by atoms with E-state index < -0.39 is 0 Å². The predicted octanol–water partition coefficient (Wildman–Crippen LogP) is 2.69. The van der Waals surface area contributed by atoms with Crippen LogP contribution in [0.2, 0.25) is 0 Å². The van der Waals surface area contributed by atoms with Crippen molar-refractivity contribution >= 4 is 0 Å². The standard InChI is InChI=1S/C14H33N3/c1-8-15(9-2)14(7,16(10-3)11-4)17(12-5)13-6/h8-13H2,1-7H3. The lowest BCUT2D eigenvalue weighted by Crippen LogP contribution is -2.68. The summed E-state index contributed by atoms with van der Waals surface area (Å²) in [5, 5.41) is 0. The van der Waals surface area contributed by atoms with E-state index in [4.69, 9.17) is 0 Å². The van der Waals surface area contributed by atoms with Gasteiger partial charge in [0.2, 0.25) is 0 Å². The Morgan fingerprint density at radius 2 is 0.706 bits per heavy atom. The second-order valence-corrected chi connectivity index (χ2v) is 4.49. The van der Waals surface area contributed by atoms with E-state index in [1.165, 1.54) is 0 Å². The minimum Gasteiger partial charge on any atom is -0.274 e. The normalized spacial score (nSPS) is 13.1. The molecule has 0 unspecified atom stereocenters. The van der Waals surface area contributed by atoms with E-state index in [9.17, 15) is 0 Å². The summed E-state index contributed by atoms with van der Waals surface area (Å²) < 4.78 is 0. The van der Waals surface area contributed by atoms with Gasteiger partial charge in [-0.1, -0.05) is 41.5 Å². The summed E-state index contributed by atoms with van der Waals surface area (Å²) in [5.74, 6) is 0.0521. The van der Waals surface area contributed by atoms with E-state index in [1.54, 1.807) is 0 Å². The average Bonchev–Trinajstić information content (AvgIpc) is 2.33. The maximum atomic E-state index is 2.56. The summed E-state index contributed by atoms with van der Waals surface area (Å²) in [4.78, 5) is 7.69. The zero-order valence-corrected chi connectivity index (χ0v) is 13.1. The molecule has 3 nitrogen and oxygen atoms in total. The Morgan fingerprint density at radius 1 is 0.529 bits per heavy atom. The molecule has 0 spiro atoms. The Kier molecular flexibility index (Phi) is 8.01. The van der Waals surface area contributed by atoms with Gasteiger partial charge < -0.3 is 0 Å². The molecule has 0 saturated heterocycles. The second kappa shape index (κ2) is 8.06. The molecule has 0 radical (unpaired) electrons. The quantitative estimate of drug-likeness (QED) is 0.577. The SMILES string of the molecule is CCN(CC)C(C)(N(CC)CC)N(CC)CC. The fraction of sp³-hybridized carbons (Fsp3) is 1.00. The maximum Gasteiger partial charge on any atom is 0.128 e. The molecule has 0 aromatic carbocycles. The van der Waals surface area contributed by atoms with Gasteiger partial charge in [-0.2, -0.15) is 0 Å². The third-order valence-electron chi connectivity index (χ3n) is 4.09. The zero-order chi connectivity index (χ0) is 13.5. The molecule has 0 atom stereocenters. The first-order valence-corrected chi connectivity index (χ1v) is 7.31. The molecule has 0 amide bonds. The maximum absolute atomic E-state index is 2.56. The lowest BCUT2D eigenvalue weighted by atomic mass is 10.2. The van der Waals surface area contributed by atoms with Crippen LogP contribution >= 0.6 is 0 Å². The van der Waals surface area contributed by atoms with Crippen molar-refractivity contribution in [3.05, 3.63) is 0 Å². The topological polar surface area (TPSA) is 9.72 Å². The molecule has 0 aromatic rings. The number of rotatable bonds is 9. The second-order valence-electron chi connectivity index (χ2n) is 4.49. The van der Waals surface area contributed by atoms with Crippen LogP contribution in [0.4, 0.5) is 0 Å². The van der Waals surface area contributed by atoms with Gasteiger partial charge in [0.15, 0.2) is 0 Å². The third kappa shape index (κ3) is 3.43. The Hall–Kier alpha value is -0.120. The molecule has 0 fully saturated rings. The van der Waals surface area contributed by atoms with Crippen molar-refractivity contribution in [3.8, 4) is 0 Å². The van der Waals surface area contributed by atoms with E-state index in [0.717, 1.165) is 39.3 Å². The summed E-state index contributed by atoms with van der Waals surface area (Å²) in [6.45, 7) is 22.5. The van der Waals surface area contributed by atoms with Crippen molar-refractivity contribution in [2.24, 2.45) is 0 Å². The van der Waals surface area contributed by atoms with Crippen LogP contribution in [0.15, 0.2) is 0 Å². The first kappa shape index (κ1) is 16.9. The zero-order valence-electron chi connectivity index (χ0n) is 13.1. The van der Waals surface area contributed by atoms with Crippen LogP contribution in [0.1, 0.15) is 48.5 Å².